The molecule has 1 heteroatoms. The summed E-state index contributed by atoms with van der Waals surface area (Å²) in [6, 6.07) is 0. The maximum Gasteiger partial charge on any atom is 0.0591 e. The second kappa shape index (κ2) is 2.30. The Hall–Kier alpha value is -0.0400. The summed E-state index contributed by atoms with van der Waals surface area (Å²) in [7, 11) is 0. The molecule has 0 aromatic heterocycles. The standard InChI is InChI=1S/C8H16O/c1-8(2)6-4-3-5-7(8)9/h7,9H,3-6H2,1-2H3/t7-/m0/s1. The zero-order chi connectivity index (χ0) is 6.91. The Kier molecular flexibility index (Phi) is 1.80. The first-order valence-electron chi connectivity index (χ1n) is 3.81. The van der Waals surface area contributed by atoms with Crippen molar-refractivity contribution >= 4 is 0 Å². The smallest absolute Gasteiger partial charge is 0.0591 e. The van der Waals surface area contributed by atoms with Crippen LogP contribution in [0.15, 0.2) is 0 Å². The first-order valence-corrected chi connectivity index (χ1v) is 3.81. The van der Waals surface area contributed by atoms with Crippen molar-refractivity contribution in [3.63, 3.8) is 0 Å². The quantitative estimate of drug-likeness (QED) is 0.528. The summed E-state index contributed by atoms with van der Waals surface area (Å²) in [4.78, 5) is 0. The molecule has 0 amide bonds. The lowest BCUT2D eigenvalue weighted by molar-refractivity contribution is 0.0135. The SMILES string of the molecule is CC1(C)CCCC[C@@H]1O. The predicted octanol–water partition coefficient (Wildman–Crippen LogP) is 1.95. The van der Waals surface area contributed by atoms with Gasteiger partial charge >= 0.3 is 0 Å². The lowest BCUT2D eigenvalue weighted by atomic mass is 9.75. The van der Waals surface area contributed by atoms with Crippen molar-refractivity contribution in [3.05, 3.63) is 0 Å². The summed E-state index contributed by atoms with van der Waals surface area (Å²) in [6.07, 6.45) is 4.65. The van der Waals surface area contributed by atoms with E-state index >= 15 is 0 Å². The molecule has 0 unspecified atom stereocenters. The van der Waals surface area contributed by atoms with Crippen LogP contribution in [0, 0.1) is 5.41 Å². The molecule has 1 aliphatic carbocycles. The topological polar surface area (TPSA) is 20.2 Å². The minimum absolute atomic E-state index is 0.0498. The second-order valence-corrected chi connectivity index (χ2v) is 3.75. The zero-order valence-electron chi connectivity index (χ0n) is 6.35. The van der Waals surface area contributed by atoms with Gasteiger partial charge in [0.25, 0.3) is 0 Å². The molecular weight excluding hydrogens is 112 g/mol. The molecule has 1 saturated carbocycles. The van der Waals surface area contributed by atoms with E-state index in [2.05, 4.69) is 13.8 Å². The minimum atomic E-state index is -0.0498. The number of aliphatic hydroxyl groups is 1. The highest BCUT2D eigenvalue weighted by atomic mass is 16.3. The Morgan fingerprint density at radius 2 is 2.00 bits per heavy atom. The van der Waals surface area contributed by atoms with Gasteiger partial charge in [-0.3, -0.25) is 0 Å². The van der Waals surface area contributed by atoms with Crippen molar-refractivity contribution in [2.24, 2.45) is 5.41 Å². The highest BCUT2D eigenvalue weighted by Crippen LogP contribution is 2.34. The molecule has 1 aliphatic rings. The van der Waals surface area contributed by atoms with Gasteiger partial charge in [-0.2, -0.15) is 0 Å². The van der Waals surface area contributed by atoms with E-state index in [0.717, 1.165) is 6.42 Å². The molecule has 1 fully saturated rings. The average molecular weight is 128 g/mol. The highest BCUT2D eigenvalue weighted by Gasteiger charge is 2.29. The van der Waals surface area contributed by atoms with E-state index in [0.29, 0.717) is 0 Å². The van der Waals surface area contributed by atoms with Crippen LogP contribution in [0.2, 0.25) is 0 Å². The molecule has 1 rings (SSSR count). The zero-order valence-corrected chi connectivity index (χ0v) is 6.35. The lowest BCUT2D eigenvalue weighted by Gasteiger charge is -2.34. The largest absolute Gasteiger partial charge is 0.393 e. The third kappa shape index (κ3) is 1.45. The molecule has 0 saturated heterocycles. The molecule has 0 aliphatic heterocycles. The third-order valence-electron chi connectivity index (χ3n) is 2.45. The van der Waals surface area contributed by atoms with Gasteiger partial charge in [-0.05, 0) is 18.3 Å². The first-order chi connectivity index (χ1) is 4.13. The molecule has 0 bridgehead atoms. The van der Waals surface area contributed by atoms with E-state index in [9.17, 15) is 5.11 Å². The summed E-state index contributed by atoms with van der Waals surface area (Å²) >= 11 is 0. The maximum atomic E-state index is 9.44. The van der Waals surface area contributed by atoms with Crippen LogP contribution in [-0.4, -0.2) is 11.2 Å². The summed E-state index contributed by atoms with van der Waals surface area (Å²) in [5.41, 5.74) is 0.193. The Morgan fingerprint density at radius 1 is 1.33 bits per heavy atom. The van der Waals surface area contributed by atoms with Crippen molar-refractivity contribution in [1.29, 1.82) is 0 Å². The van der Waals surface area contributed by atoms with Crippen LogP contribution in [-0.2, 0) is 0 Å². The molecule has 1 N–H and O–H groups in total. The van der Waals surface area contributed by atoms with Crippen LogP contribution in [0.3, 0.4) is 0 Å². The Morgan fingerprint density at radius 3 is 2.33 bits per heavy atom. The van der Waals surface area contributed by atoms with E-state index in [1.165, 1.54) is 19.3 Å². The van der Waals surface area contributed by atoms with Gasteiger partial charge in [-0.15, -0.1) is 0 Å². The Labute approximate surface area is 57.1 Å². The van der Waals surface area contributed by atoms with E-state index < -0.39 is 0 Å². The average Bonchev–Trinajstić information content (AvgIpc) is 1.77. The van der Waals surface area contributed by atoms with Gasteiger partial charge in [0.1, 0.15) is 0 Å². The van der Waals surface area contributed by atoms with Crippen LogP contribution < -0.4 is 0 Å². The second-order valence-electron chi connectivity index (χ2n) is 3.75. The van der Waals surface area contributed by atoms with Gasteiger partial charge in [-0.1, -0.05) is 26.7 Å². The first kappa shape index (κ1) is 7.07. The fraction of sp³-hybridized carbons (Fsp3) is 1.00. The van der Waals surface area contributed by atoms with Gasteiger partial charge in [0.05, 0.1) is 6.10 Å². The van der Waals surface area contributed by atoms with E-state index in [1.807, 2.05) is 0 Å². The fourth-order valence-corrected chi connectivity index (χ4v) is 1.48. The van der Waals surface area contributed by atoms with Crippen LogP contribution in [0.5, 0.6) is 0 Å². The van der Waals surface area contributed by atoms with E-state index in [4.69, 9.17) is 0 Å². The molecule has 0 aromatic carbocycles. The maximum absolute atomic E-state index is 9.44. The molecule has 0 radical (unpaired) electrons. The van der Waals surface area contributed by atoms with Gasteiger partial charge in [-0.25, -0.2) is 0 Å². The molecular formula is C8H16O. The summed E-state index contributed by atoms with van der Waals surface area (Å²) < 4.78 is 0. The van der Waals surface area contributed by atoms with Crippen molar-refractivity contribution < 1.29 is 5.11 Å². The number of hydrogen-bond acceptors (Lipinski definition) is 1. The van der Waals surface area contributed by atoms with Gasteiger partial charge in [0.15, 0.2) is 0 Å². The molecule has 1 atom stereocenters. The van der Waals surface area contributed by atoms with Crippen molar-refractivity contribution in [3.8, 4) is 0 Å². The van der Waals surface area contributed by atoms with Crippen LogP contribution in [0.25, 0.3) is 0 Å². The normalized spacial score (nSPS) is 34.3. The van der Waals surface area contributed by atoms with Crippen LogP contribution in [0.1, 0.15) is 39.5 Å². The van der Waals surface area contributed by atoms with E-state index in [1.54, 1.807) is 0 Å². The Bertz CT molecular complexity index is 96.7. The predicted molar refractivity (Wildman–Crippen MR) is 38.3 cm³/mol. The summed E-state index contributed by atoms with van der Waals surface area (Å²) in [5.74, 6) is 0. The molecule has 0 aromatic rings. The Balaban J connectivity index is 2.49. The summed E-state index contributed by atoms with van der Waals surface area (Å²) in [5, 5.41) is 9.44. The van der Waals surface area contributed by atoms with Gasteiger partial charge < -0.3 is 5.11 Å². The molecule has 0 spiro atoms. The molecule has 54 valence electrons. The highest BCUT2D eigenvalue weighted by molar-refractivity contribution is 4.81. The molecule has 0 heterocycles. The monoisotopic (exact) mass is 128 g/mol. The van der Waals surface area contributed by atoms with Crippen LogP contribution >= 0.6 is 0 Å². The summed E-state index contributed by atoms with van der Waals surface area (Å²) in [6.45, 7) is 4.30. The van der Waals surface area contributed by atoms with Gasteiger partial charge in [0, 0.05) is 0 Å². The number of aliphatic hydroxyl groups excluding tert-OH is 1. The minimum Gasteiger partial charge on any atom is -0.393 e. The van der Waals surface area contributed by atoms with Crippen LogP contribution in [0.4, 0.5) is 0 Å². The molecule has 1 nitrogen and oxygen atoms in total. The van der Waals surface area contributed by atoms with Crippen molar-refractivity contribution in [1.82, 2.24) is 0 Å². The van der Waals surface area contributed by atoms with E-state index in [-0.39, 0.29) is 11.5 Å². The lowest BCUT2D eigenvalue weighted by Crippen LogP contribution is -2.32. The third-order valence-corrected chi connectivity index (χ3v) is 2.45. The van der Waals surface area contributed by atoms with Gasteiger partial charge in [0.2, 0.25) is 0 Å². The number of hydrogen-bond donors (Lipinski definition) is 1. The fourth-order valence-electron chi connectivity index (χ4n) is 1.48. The van der Waals surface area contributed by atoms with Crippen molar-refractivity contribution in [2.45, 2.75) is 45.6 Å². The molecule has 9 heavy (non-hydrogen) atoms. The van der Waals surface area contributed by atoms with Crippen molar-refractivity contribution in [2.75, 3.05) is 0 Å². The number of rotatable bonds is 0.